The molecule has 106 valence electrons. The van der Waals surface area contributed by atoms with Gasteiger partial charge >= 0.3 is 0 Å². The summed E-state index contributed by atoms with van der Waals surface area (Å²) in [6, 6.07) is 25.6. The molecule has 0 atom stereocenters. The van der Waals surface area contributed by atoms with Crippen molar-refractivity contribution < 1.29 is 0 Å². The fourth-order valence-electron chi connectivity index (χ4n) is 3.10. The van der Waals surface area contributed by atoms with Crippen molar-refractivity contribution in [2.45, 2.75) is 13.3 Å². The van der Waals surface area contributed by atoms with E-state index in [0.29, 0.717) is 0 Å². The number of aryl methyl sites for hydroxylation is 1. The topological polar surface area (TPSA) is 12.9 Å². The molecule has 0 aliphatic heterocycles. The van der Waals surface area contributed by atoms with Crippen LogP contribution in [0.15, 0.2) is 72.8 Å². The van der Waals surface area contributed by atoms with Gasteiger partial charge in [-0.25, -0.2) is 4.98 Å². The molecule has 4 rings (SSSR count). The Balaban J connectivity index is 2.16. The quantitative estimate of drug-likeness (QED) is 0.435. The summed E-state index contributed by atoms with van der Waals surface area (Å²) >= 11 is 0. The van der Waals surface area contributed by atoms with Gasteiger partial charge in [-0.15, -0.1) is 0 Å². The van der Waals surface area contributed by atoms with Gasteiger partial charge in [0.25, 0.3) is 0 Å². The van der Waals surface area contributed by atoms with Gasteiger partial charge in [-0.05, 0) is 29.7 Å². The molecule has 1 heteroatoms. The molecule has 3 aromatic carbocycles. The van der Waals surface area contributed by atoms with Crippen LogP contribution in [0.4, 0.5) is 0 Å². The summed E-state index contributed by atoms with van der Waals surface area (Å²) in [5.41, 5.74) is 6.03. The van der Waals surface area contributed by atoms with Gasteiger partial charge < -0.3 is 0 Å². The zero-order chi connectivity index (χ0) is 14.9. The summed E-state index contributed by atoms with van der Waals surface area (Å²) < 4.78 is 0. The smallest absolute Gasteiger partial charge is 0.0715 e. The van der Waals surface area contributed by atoms with Crippen LogP contribution in [0.25, 0.3) is 32.9 Å². The highest BCUT2D eigenvalue weighted by molar-refractivity contribution is 6.09. The van der Waals surface area contributed by atoms with Crippen LogP contribution < -0.4 is 0 Å². The van der Waals surface area contributed by atoms with Crippen molar-refractivity contribution in [2.24, 2.45) is 0 Å². The van der Waals surface area contributed by atoms with Crippen molar-refractivity contribution in [3.8, 4) is 11.1 Å². The molecule has 0 spiro atoms. The first-order valence-corrected chi connectivity index (χ1v) is 7.73. The van der Waals surface area contributed by atoms with Gasteiger partial charge in [0.05, 0.1) is 11.0 Å². The minimum atomic E-state index is 1.05. The van der Waals surface area contributed by atoms with Gasteiger partial charge in [-0.1, -0.05) is 67.6 Å². The molecule has 0 amide bonds. The normalized spacial score (nSPS) is 11.1. The van der Waals surface area contributed by atoms with Crippen LogP contribution in [-0.2, 0) is 6.42 Å². The zero-order valence-electron chi connectivity index (χ0n) is 12.6. The van der Waals surface area contributed by atoms with Gasteiger partial charge in [-0.2, -0.15) is 0 Å². The minimum Gasteiger partial charge on any atom is -0.248 e. The third-order valence-corrected chi connectivity index (χ3v) is 4.21. The van der Waals surface area contributed by atoms with E-state index >= 15 is 0 Å². The average Bonchev–Trinajstić information content (AvgIpc) is 2.59. The highest BCUT2D eigenvalue weighted by Gasteiger charge is 2.10. The Morgan fingerprint density at radius 2 is 1.36 bits per heavy atom. The summed E-state index contributed by atoms with van der Waals surface area (Å²) in [5.74, 6) is 0. The maximum Gasteiger partial charge on any atom is 0.0715 e. The number of para-hydroxylation sites is 2. The molecule has 1 nitrogen and oxygen atoms in total. The lowest BCUT2D eigenvalue weighted by Crippen LogP contribution is -1.90. The Morgan fingerprint density at radius 3 is 2.00 bits per heavy atom. The Hall–Kier alpha value is -2.67. The van der Waals surface area contributed by atoms with E-state index in [2.05, 4.69) is 79.7 Å². The van der Waals surface area contributed by atoms with E-state index < -0.39 is 0 Å². The monoisotopic (exact) mass is 283 g/mol. The van der Waals surface area contributed by atoms with E-state index in [-0.39, 0.29) is 0 Å². The van der Waals surface area contributed by atoms with Crippen molar-refractivity contribution in [1.29, 1.82) is 0 Å². The molecule has 0 bridgehead atoms. The van der Waals surface area contributed by atoms with Gasteiger partial charge in [0.1, 0.15) is 0 Å². The molecule has 0 unspecified atom stereocenters. The number of hydrogen-bond acceptors (Lipinski definition) is 1. The summed E-state index contributed by atoms with van der Waals surface area (Å²) in [4.78, 5) is 4.81. The molecule has 0 radical (unpaired) electrons. The van der Waals surface area contributed by atoms with E-state index in [1.165, 1.54) is 27.5 Å². The van der Waals surface area contributed by atoms with Crippen molar-refractivity contribution in [2.75, 3.05) is 0 Å². The summed E-state index contributed by atoms with van der Waals surface area (Å²) in [6.07, 6.45) is 1.05. The minimum absolute atomic E-state index is 1.05. The average molecular weight is 283 g/mol. The maximum absolute atomic E-state index is 4.81. The Morgan fingerprint density at radius 1 is 0.727 bits per heavy atom. The van der Waals surface area contributed by atoms with Gasteiger partial charge in [0.2, 0.25) is 0 Å². The fraction of sp³-hybridized carbons (Fsp3) is 0.0952. The van der Waals surface area contributed by atoms with Crippen LogP contribution >= 0.6 is 0 Å². The van der Waals surface area contributed by atoms with Crippen LogP contribution in [0.5, 0.6) is 0 Å². The second-order valence-electron chi connectivity index (χ2n) is 5.58. The number of pyridine rings is 1. The predicted octanol–water partition coefficient (Wildman–Crippen LogP) is 5.62. The predicted molar refractivity (Wildman–Crippen MR) is 94.1 cm³/mol. The van der Waals surface area contributed by atoms with Crippen LogP contribution in [0.3, 0.4) is 0 Å². The van der Waals surface area contributed by atoms with Gasteiger partial charge in [-0.3, -0.25) is 0 Å². The molecule has 22 heavy (non-hydrogen) atoms. The summed E-state index contributed by atoms with van der Waals surface area (Å²) in [7, 11) is 0. The lowest BCUT2D eigenvalue weighted by molar-refractivity contribution is 1.14. The first-order valence-electron chi connectivity index (χ1n) is 7.73. The van der Waals surface area contributed by atoms with E-state index in [1.54, 1.807) is 0 Å². The van der Waals surface area contributed by atoms with Crippen molar-refractivity contribution >= 4 is 21.8 Å². The zero-order valence-corrected chi connectivity index (χ0v) is 12.6. The van der Waals surface area contributed by atoms with Crippen molar-refractivity contribution in [1.82, 2.24) is 4.98 Å². The largest absolute Gasteiger partial charge is 0.248 e. The fourth-order valence-corrected chi connectivity index (χ4v) is 3.10. The van der Waals surface area contributed by atoms with Crippen molar-refractivity contribution in [3.63, 3.8) is 0 Å². The molecule has 0 aliphatic rings. The van der Waals surface area contributed by atoms with E-state index in [1.807, 2.05) is 0 Å². The number of fused-ring (bicyclic) bond motifs is 2. The van der Waals surface area contributed by atoms with Crippen LogP contribution in [0.1, 0.15) is 12.5 Å². The van der Waals surface area contributed by atoms with Crippen molar-refractivity contribution in [3.05, 3.63) is 78.4 Å². The second kappa shape index (κ2) is 5.27. The highest BCUT2D eigenvalue weighted by Crippen LogP contribution is 2.34. The second-order valence-corrected chi connectivity index (χ2v) is 5.58. The highest BCUT2D eigenvalue weighted by atomic mass is 14.7. The SMILES string of the molecule is CCc1cccc(-c2c3ccccc3nc3ccccc23)c1. The lowest BCUT2D eigenvalue weighted by Gasteiger charge is -2.12. The number of hydrogen-bond donors (Lipinski definition) is 0. The first kappa shape index (κ1) is 13.0. The third-order valence-electron chi connectivity index (χ3n) is 4.21. The Kier molecular flexibility index (Phi) is 3.12. The molecule has 0 fully saturated rings. The Bertz CT molecular complexity index is 916. The van der Waals surface area contributed by atoms with Crippen LogP contribution in [0, 0.1) is 0 Å². The van der Waals surface area contributed by atoms with Gasteiger partial charge in [0.15, 0.2) is 0 Å². The number of rotatable bonds is 2. The number of nitrogens with zero attached hydrogens (tertiary/aromatic N) is 1. The Labute approximate surface area is 130 Å². The number of benzene rings is 3. The molecule has 0 saturated heterocycles. The molecule has 0 saturated carbocycles. The molecular formula is C21H17N. The summed E-state index contributed by atoms with van der Waals surface area (Å²) in [6.45, 7) is 2.20. The van der Waals surface area contributed by atoms with E-state index in [0.717, 1.165) is 17.5 Å². The van der Waals surface area contributed by atoms with Gasteiger partial charge in [0, 0.05) is 16.3 Å². The van der Waals surface area contributed by atoms with E-state index in [4.69, 9.17) is 4.98 Å². The molecule has 1 aromatic heterocycles. The number of aromatic nitrogens is 1. The molecule has 4 aromatic rings. The maximum atomic E-state index is 4.81. The molecule has 0 aliphatic carbocycles. The molecule has 0 N–H and O–H groups in total. The standard InChI is InChI=1S/C21H17N/c1-2-15-8-7-9-16(14-15)21-17-10-3-5-12-19(17)22-20-13-6-4-11-18(20)21/h3-14H,2H2,1H3. The van der Waals surface area contributed by atoms with Crippen LogP contribution in [0.2, 0.25) is 0 Å². The summed E-state index contributed by atoms with van der Waals surface area (Å²) in [5, 5.41) is 2.43. The lowest BCUT2D eigenvalue weighted by atomic mass is 9.95. The van der Waals surface area contributed by atoms with E-state index in [9.17, 15) is 0 Å². The third kappa shape index (κ3) is 2.06. The molecule has 1 heterocycles. The first-order chi connectivity index (χ1) is 10.9. The van der Waals surface area contributed by atoms with Crippen LogP contribution in [-0.4, -0.2) is 4.98 Å². The molecular weight excluding hydrogens is 266 g/mol.